The molecule has 0 amide bonds. The van der Waals surface area contributed by atoms with E-state index in [-0.39, 0.29) is 0 Å². The summed E-state index contributed by atoms with van der Waals surface area (Å²) < 4.78 is 0. The van der Waals surface area contributed by atoms with Crippen LogP contribution in [0, 0.1) is 6.92 Å². The van der Waals surface area contributed by atoms with Gasteiger partial charge >= 0.3 is 0 Å². The zero-order valence-corrected chi connectivity index (χ0v) is 27.8. The van der Waals surface area contributed by atoms with Gasteiger partial charge in [-0.05, 0) is 115 Å². The van der Waals surface area contributed by atoms with Gasteiger partial charge in [-0.2, -0.15) is 0 Å². The largest absolute Gasteiger partial charge is 0.355 e. The van der Waals surface area contributed by atoms with Crippen LogP contribution < -0.4 is 21.4 Å². The molecule has 0 saturated carbocycles. The highest BCUT2D eigenvalue weighted by atomic mass is 14.8. The first kappa shape index (κ1) is 29.6. The summed E-state index contributed by atoms with van der Waals surface area (Å²) >= 11 is 0. The van der Waals surface area contributed by atoms with Crippen LogP contribution in [0.25, 0.3) is 29.4 Å². The third kappa shape index (κ3) is 5.18. The summed E-state index contributed by atoms with van der Waals surface area (Å²) in [6, 6.07) is 34.3. The molecule has 48 heavy (non-hydrogen) atoms. The molecule has 5 nitrogen and oxygen atoms in total. The van der Waals surface area contributed by atoms with Crippen molar-refractivity contribution in [3.05, 3.63) is 180 Å². The van der Waals surface area contributed by atoms with Crippen molar-refractivity contribution in [2.24, 2.45) is 4.99 Å². The second-order valence-corrected chi connectivity index (χ2v) is 12.6. The van der Waals surface area contributed by atoms with Crippen LogP contribution in [0.15, 0.2) is 119 Å². The summed E-state index contributed by atoms with van der Waals surface area (Å²) in [7, 11) is 0. The standard InChI is InChI=1S/C43H39N5/c1-5-32-26(3)38-25-39-27(4)33(6-2)41(48-39)24-31-18-20-35(45-31)43(29-15-11-8-12-16-29)37-22-21-36(46-37)42(28-13-9-7-10-14-28)34-19-17-30(44-34)23-40(32)47-38/h7-25,44-47H,5-6H2,1-4H3/b30-23?,31-24?,38-25?,39-25?,40-23+,41-24-,42-34?,42-36-,43-35?,43-37-. The Balaban J connectivity index is 1.46. The van der Waals surface area contributed by atoms with Gasteiger partial charge in [0.05, 0.1) is 11.4 Å². The summed E-state index contributed by atoms with van der Waals surface area (Å²) in [5, 5.41) is 4.32. The molecular formula is C43H39N5. The van der Waals surface area contributed by atoms with Crippen molar-refractivity contribution < 1.29 is 0 Å². The fourth-order valence-electron chi connectivity index (χ4n) is 7.27. The van der Waals surface area contributed by atoms with E-state index in [9.17, 15) is 0 Å². The molecule has 8 rings (SSSR count). The Morgan fingerprint density at radius 1 is 0.542 bits per heavy atom. The zero-order valence-electron chi connectivity index (χ0n) is 27.8. The van der Waals surface area contributed by atoms with Crippen molar-refractivity contribution >= 4 is 35.1 Å². The van der Waals surface area contributed by atoms with E-state index in [0.29, 0.717) is 0 Å². The predicted molar refractivity (Wildman–Crippen MR) is 198 cm³/mol. The van der Waals surface area contributed by atoms with Crippen LogP contribution >= 0.6 is 0 Å². The van der Waals surface area contributed by atoms with Crippen molar-refractivity contribution in [1.82, 2.24) is 19.9 Å². The van der Waals surface area contributed by atoms with E-state index >= 15 is 0 Å². The monoisotopic (exact) mass is 625 g/mol. The number of benzene rings is 2. The lowest BCUT2D eigenvalue weighted by Gasteiger charge is -2.07. The smallest absolute Gasteiger partial charge is 0.0693 e. The molecule has 2 aliphatic rings. The van der Waals surface area contributed by atoms with Gasteiger partial charge in [0.15, 0.2) is 0 Å². The fraction of sp³-hybridized carbons (Fsp3) is 0.140. The van der Waals surface area contributed by atoms with Gasteiger partial charge in [0.25, 0.3) is 0 Å². The maximum Gasteiger partial charge on any atom is 0.0693 e. The summed E-state index contributed by atoms with van der Waals surface area (Å²) in [4.78, 5) is 20.2. The number of aliphatic imine (C=N–C) groups is 1. The van der Waals surface area contributed by atoms with Crippen LogP contribution in [0.3, 0.4) is 0 Å². The van der Waals surface area contributed by atoms with Gasteiger partial charge in [-0.3, -0.25) is 0 Å². The van der Waals surface area contributed by atoms with Crippen LogP contribution in [0.2, 0.25) is 0 Å². The molecule has 0 fully saturated rings. The Labute approximate surface area is 280 Å². The van der Waals surface area contributed by atoms with Crippen LogP contribution in [0.4, 0.5) is 0 Å². The number of aromatic amines is 4. The van der Waals surface area contributed by atoms with E-state index in [1.165, 1.54) is 22.3 Å². The molecular weight excluding hydrogens is 587 g/mol. The molecule has 0 radical (unpaired) electrons. The molecule has 0 saturated heterocycles. The number of allylic oxidation sites excluding steroid dienone is 2. The van der Waals surface area contributed by atoms with Gasteiger partial charge in [-0.15, -0.1) is 0 Å². The molecule has 6 aromatic rings. The normalized spacial score (nSPS) is 18.5. The summed E-state index contributed by atoms with van der Waals surface area (Å²) in [5.74, 6) is 0. The molecule has 4 N–H and O–H groups in total. The van der Waals surface area contributed by atoms with Crippen molar-refractivity contribution in [2.75, 3.05) is 0 Å². The van der Waals surface area contributed by atoms with Crippen LogP contribution in [-0.4, -0.2) is 25.6 Å². The van der Waals surface area contributed by atoms with E-state index in [4.69, 9.17) is 4.99 Å². The molecule has 4 aromatic heterocycles. The van der Waals surface area contributed by atoms with Crippen molar-refractivity contribution in [3.8, 4) is 0 Å². The number of rotatable bonds is 4. The SMILES string of the molecule is CCC1=C(C)C2=N/C1=C\c1ccc([nH]1)/C(c1ccccc1)=c1/cc/c([nH]1)=C(\c1ccccc1)c1ccc([nH]1)/C=c1/[nH]c(c(C)c1CC)=C2. The number of nitrogens with zero attached hydrogens (tertiary/aromatic N) is 1. The Morgan fingerprint density at radius 2 is 1.12 bits per heavy atom. The highest BCUT2D eigenvalue weighted by Crippen LogP contribution is 2.31. The average Bonchev–Trinajstić information content (AvgIpc) is 3.94. The van der Waals surface area contributed by atoms with E-state index in [1.807, 2.05) is 0 Å². The van der Waals surface area contributed by atoms with Gasteiger partial charge in [0, 0.05) is 55.3 Å². The zero-order chi connectivity index (χ0) is 32.8. The lowest BCUT2D eigenvalue weighted by molar-refractivity contribution is 1.10. The average molecular weight is 626 g/mol. The molecule has 0 spiro atoms. The van der Waals surface area contributed by atoms with Gasteiger partial charge in [-0.1, -0.05) is 74.5 Å². The Morgan fingerprint density at radius 3 is 1.69 bits per heavy atom. The van der Waals surface area contributed by atoms with Crippen LogP contribution in [-0.2, 0) is 6.42 Å². The minimum Gasteiger partial charge on any atom is -0.355 e. The third-order valence-corrected chi connectivity index (χ3v) is 9.72. The first-order chi connectivity index (χ1) is 23.5. The van der Waals surface area contributed by atoms with Gasteiger partial charge in [0.1, 0.15) is 0 Å². The highest BCUT2D eigenvalue weighted by Gasteiger charge is 2.20. The second-order valence-electron chi connectivity index (χ2n) is 12.6. The summed E-state index contributed by atoms with van der Waals surface area (Å²) in [6.07, 6.45) is 8.50. The fourth-order valence-corrected chi connectivity index (χ4v) is 7.27. The Hall–Kier alpha value is -5.81. The molecule has 5 heteroatoms. The van der Waals surface area contributed by atoms with Gasteiger partial charge in [-0.25, -0.2) is 4.99 Å². The van der Waals surface area contributed by atoms with E-state index < -0.39 is 0 Å². The molecule has 6 heterocycles. The van der Waals surface area contributed by atoms with E-state index in [1.54, 1.807) is 0 Å². The van der Waals surface area contributed by atoms with Crippen LogP contribution in [0.1, 0.15) is 72.2 Å². The number of H-pyrrole nitrogens is 4. The van der Waals surface area contributed by atoms with Crippen molar-refractivity contribution in [2.45, 2.75) is 40.5 Å². The number of hydrogen-bond donors (Lipinski definition) is 4. The van der Waals surface area contributed by atoms with Crippen molar-refractivity contribution in [1.29, 1.82) is 0 Å². The van der Waals surface area contributed by atoms with Gasteiger partial charge in [0.2, 0.25) is 0 Å². The second kappa shape index (κ2) is 12.1. The lowest BCUT2D eigenvalue weighted by atomic mass is 10.0. The molecule has 0 atom stereocenters. The highest BCUT2D eigenvalue weighted by molar-refractivity contribution is 6.23. The quantitative estimate of drug-likeness (QED) is 0.173. The molecule has 0 unspecified atom stereocenters. The van der Waals surface area contributed by atoms with Crippen molar-refractivity contribution in [3.63, 3.8) is 0 Å². The summed E-state index contributed by atoms with van der Waals surface area (Å²) in [5.41, 5.74) is 15.8. The Bertz CT molecular complexity index is 2520. The van der Waals surface area contributed by atoms with E-state index in [2.05, 4.69) is 163 Å². The number of fused-ring (bicyclic) bond motifs is 9. The minimum atomic E-state index is 0.914. The molecule has 2 aromatic carbocycles. The molecule has 10 bridgehead atoms. The number of hydrogen-bond acceptors (Lipinski definition) is 1. The maximum atomic E-state index is 5.19. The maximum absolute atomic E-state index is 5.19. The third-order valence-electron chi connectivity index (χ3n) is 9.72. The molecule has 236 valence electrons. The van der Waals surface area contributed by atoms with Gasteiger partial charge < -0.3 is 19.9 Å². The van der Waals surface area contributed by atoms with E-state index in [0.717, 1.165) is 90.7 Å². The number of nitrogens with one attached hydrogen (secondary N) is 4. The molecule has 0 aliphatic carbocycles. The number of aromatic nitrogens is 4. The Kier molecular flexibility index (Phi) is 7.45. The summed E-state index contributed by atoms with van der Waals surface area (Å²) in [6.45, 7) is 8.85. The predicted octanol–water partition coefficient (Wildman–Crippen LogP) is 6.51. The first-order valence-electron chi connectivity index (χ1n) is 16.9. The lowest BCUT2D eigenvalue weighted by Crippen LogP contribution is -2.17. The van der Waals surface area contributed by atoms with Crippen LogP contribution in [0.5, 0.6) is 0 Å². The topological polar surface area (TPSA) is 75.5 Å². The first-order valence-corrected chi connectivity index (χ1v) is 16.9. The molecule has 2 aliphatic heterocycles. The minimum absolute atomic E-state index is 0.914.